The Morgan fingerprint density at radius 1 is 1.47 bits per heavy atom. The third-order valence-electron chi connectivity index (χ3n) is 2.30. The predicted octanol–water partition coefficient (Wildman–Crippen LogP) is 2.74. The van der Waals surface area contributed by atoms with E-state index in [1.165, 1.54) is 12.1 Å². The molecule has 15 heavy (non-hydrogen) atoms. The van der Waals surface area contributed by atoms with Gasteiger partial charge in [0.2, 0.25) is 0 Å². The molecule has 2 nitrogen and oxygen atoms in total. The fourth-order valence-corrected chi connectivity index (χ4v) is 1.70. The molecule has 3 heteroatoms. The number of terminal acetylenes is 1. The molecule has 0 saturated carbocycles. The van der Waals surface area contributed by atoms with Gasteiger partial charge >= 0.3 is 0 Å². The second kappa shape index (κ2) is 3.39. The van der Waals surface area contributed by atoms with E-state index in [0.29, 0.717) is 11.3 Å². The van der Waals surface area contributed by atoms with Gasteiger partial charge in [0.15, 0.2) is 5.82 Å². The Bertz CT molecular complexity index is 546. The summed E-state index contributed by atoms with van der Waals surface area (Å²) in [7, 11) is 0. The summed E-state index contributed by atoms with van der Waals surface area (Å²) >= 11 is 0. The highest BCUT2D eigenvalue weighted by atomic mass is 19.1. The molecule has 0 aliphatic heterocycles. The SMILES string of the molecule is C#Cc1nc2cc(F)ccc2n1C(C)C. The first-order chi connectivity index (χ1) is 7.13. The Morgan fingerprint density at radius 3 is 2.80 bits per heavy atom. The Hall–Kier alpha value is -1.82. The average molecular weight is 202 g/mol. The van der Waals surface area contributed by atoms with Crippen LogP contribution < -0.4 is 0 Å². The average Bonchev–Trinajstić information content (AvgIpc) is 2.54. The van der Waals surface area contributed by atoms with Crippen molar-refractivity contribution in [2.45, 2.75) is 19.9 Å². The molecule has 0 unspecified atom stereocenters. The van der Waals surface area contributed by atoms with Crippen LogP contribution in [0.15, 0.2) is 18.2 Å². The van der Waals surface area contributed by atoms with Crippen molar-refractivity contribution in [1.82, 2.24) is 9.55 Å². The molecule has 0 aliphatic rings. The van der Waals surface area contributed by atoms with Gasteiger partial charge in [0.1, 0.15) is 5.82 Å². The molecule has 0 amide bonds. The Labute approximate surface area is 87.7 Å². The number of halogens is 1. The van der Waals surface area contributed by atoms with Crippen LogP contribution in [0.4, 0.5) is 4.39 Å². The zero-order valence-corrected chi connectivity index (χ0v) is 8.66. The maximum Gasteiger partial charge on any atom is 0.186 e. The normalized spacial score (nSPS) is 10.9. The van der Waals surface area contributed by atoms with Crippen molar-refractivity contribution in [3.8, 4) is 12.3 Å². The van der Waals surface area contributed by atoms with E-state index < -0.39 is 0 Å². The Kier molecular flexibility index (Phi) is 2.20. The van der Waals surface area contributed by atoms with Crippen molar-refractivity contribution in [3.05, 3.63) is 29.8 Å². The lowest BCUT2D eigenvalue weighted by Gasteiger charge is -2.09. The number of benzene rings is 1. The van der Waals surface area contributed by atoms with Crippen LogP contribution in [0, 0.1) is 18.2 Å². The van der Waals surface area contributed by atoms with E-state index in [-0.39, 0.29) is 11.9 Å². The molecule has 0 bridgehead atoms. The molecule has 1 aromatic heterocycles. The van der Waals surface area contributed by atoms with Crippen molar-refractivity contribution >= 4 is 11.0 Å². The lowest BCUT2D eigenvalue weighted by molar-refractivity contribution is 0.609. The minimum Gasteiger partial charge on any atom is -0.315 e. The number of imidazole rings is 1. The van der Waals surface area contributed by atoms with Gasteiger partial charge in [0.25, 0.3) is 0 Å². The van der Waals surface area contributed by atoms with Gasteiger partial charge in [-0.1, -0.05) is 0 Å². The molecule has 2 rings (SSSR count). The molecule has 1 aromatic carbocycles. The minimum atomic E-state index is -0.292. The number of hydrogen-bond donors (Lipinski definition) is 0. The van der Waals surface area contributed by atoms with Crippen molar-refractivity contribution < 1.29 is 4.39 Å². The minimum absolute atomic E-state index is 0.214. The van der Waals surface area contributed by atoms with Crippen LogP contribution in [0.1, 0.15) is 25.7 Å². The molecule has 0 saturated heterocycles. The third kappa shape index (κ3) is 1.48. The first kappa shape index (κ1) is 9.72. The number of rotatable bonds is 1. The van der Waals surface area contributed by atoms with Crippen molar-refractivity contribution in [1.29, 1.82) is 0 Å². The van der Waals surface area contributed by atoms with E-state index in [0.717, 1.165) is 5.52 Å². The number of fused-ring (bicyclic) bond motifs is 1. The topological polar surface area (TPSA) is 17.8 Å². The highest BCUT2D eigenvalue weighted by molar-refractivity contribution is 5.77. The highest BCUT2D eigenvalue weighted by Gasteiger charge is 2.11. The summed E-state index contributed by atoms with van der Waals surface area (Å²) in [4.78, 5) is 4.20. The standard InChI is InChI=1S/C12H11FN2/c1-4-12-14-10-7-9(13)5-6-11(10)15(12)8(2)3/h1,5-8H,2-3H3. The van der Waals surface area contributed by atoms with Crippen LogP contribution in [0.25, 0.3) is 11.0 Å². The van der Waals surface area contributed by atoms with E-state index in [9.17, 15) is 4.39 Å². The second-order valence-electron chi connectivity index (χ2n) is 3.68. The molecule has 0 radical (unpaired) electrons. The molecule has 1 heterocycles. The molecule has 2 aromatic rings. The van der Waals surface area contributed by atoms with Crippen LogP contribution >= 0.6 is 0 Å². The largest absolute Gasteiger partial charge is 0.315 e. The number of hydrogen-bond acceptors (Lipinski definition) is 1. The van der Waals surface area contributed by atoms with Gasteiger partial charge in [0, 0.05) is 12.1 Å². The smallest absolute Gasteiger partial charge is 0.186 e. The van der Waals surface area contributed by atoms with Crippen LogP contribution in [0.5, 0.6) is 0 Å². The van der Waals surface area contributed by atoms with Gasteiger partial charge in [0.05, 0.1) is 11.0 Å². The van der Waals surface area contributed by atoms with Gasteiger partial charge in [-0.25, -0.2) is 9.37 Å². The van der Waals surface area contributed by atoms with Gasteiger partial charge < -0.3 is 4.57 Å². The Morgan fingerprint density at radius 2 is 2.20 bits per heavy atom. The second-order valence-corrected chi connectivity index (χ2v) is 3.68. The molecular weight excluding hydrogens is 191 g/mol. The quantitative estimate of drug-likeness (QED) is 0.650. The molecule has 0 fully saturated rings. The van der Waals surface area contributed by atoms with E-state index >= 15 is 0 Å². The molecule has 0 N–H and O–H groups in total. The van der Waals surface area contributed by atoms with Crippen molar-refractivity contribution in [2.24, 2.45) is 0 Å². The predicted molar refractivity (Wildman–Crippen MR) is 58.0 cm³/mol. The van der Waals surface area contributed by atoms with Crippen LogP contribution in [-0.4, -0.2) is 9.55 Å². The highest BCUT2D eigenvalue weighted by Crippen LogP contribution is 2.21. The van der Waals surface area contributed by atoms with Crippen LogP contribution in [-0.2, 0) is 0 Å². The van der Waals surface area contributed by atoms with Gasteiger partial charge in [-0.3, -0.25) is 0 Å². The molecular formula is C12H11FN2. The maximum absolute atomic E-state index is 13.0. The monoisotopic (exact) mass is 202 g/mol. The zero-order valence-electron chi connectivity index (χ0n) is 8.66. The first-order valence-electron chi connectivity index (χ1n) is 4.77. The van der Waals surface area contributed by atoms with Crippen LogP contribution in [0.2, 0.25) is 0 Å². The van der Waals surface area contributed by atoms with Crippen molar-refractivity contribution in [3.63, 3.8) is 0 Å². The number of nitrogens with zero attached hydrogens (tertiary/aromatic N) is 2. The molecule has 76 valence electrons. The van der Waals surface area contributed by atoms with E-state index in [2.05, 4.69) is 10.9 Å². The van der Waals surface area contributed by atoms with E-state index in [1.807, 2.05) is 18.4 Å². The molecule has 0 aliphatic carbocycles. The fourth-order valence-electron chi connectivity index (χ4n) is 1.70. The van der Waals surface area contributed by atoms with E-state index in [1.54, 1.807) is 6.07 Å². The lowest BCUT2D eigenvalue weighted by Crippen LogP contribution is -2.03. The summed E-state index contributed by atoms with van der Waals surface area (Å²) in [6, 6.07) is 4.74. The lowest BCUT2D eigenvalue weighted by atomic mass is 10.3. The zero-order chi connectivity index (χ0) is 11.0. The summed E-state index contributed by atoms with van der Waals surface area (Å²) in [6.45, 7) is 4.04. The first-order valence-corrected chi connectivity index (χ1v) is 4.77. The molecule has 0 atom stereocenters. The summed E-state index contributed by atoms with van der Waals surface area (Å²) in [5, 5.41) is 0. The van der Waals surface area contributed by atoms with Gasteiger partial charge in [-0.2, -0.15) is 0 Å². The fraction of sp³-hybridized carbons (Fsp3) is 0.250. The van der Waals surface area contributed by atoms with Crippen molar-refractivity contribution in [2.75, 3.05) is 0 Å². The van der Waals surface area contributed by atoms with E-state index in [4.69, 9.17) is 6.42 Å². The molecule has 0 spiro atoms. The summed E-state index contributed by atoms with van der Waals surface area (Å²) in [5.74, 6) is 2.77. The van der Waals surface area contributed by atoms with Gasteiger partial charge in [-0.05, 0) is 31.9 Å². The Balaban J connectivity index is 2.82. The summed E-state index contributed by atoms with van der Waals surface area (Å²) in [5.41, 5.74) is 1.48. The van der Waals surface area contributed by atoms with Crippen LogP contribution in [0.3, 0.4) is 0 Å². The third-order valence-corrected chi connectivity index (χ3v) is 2.30. The van der Waals surface area contributed by atoms with Gasteiger partial charge in [-0.15, -0.1) is 6.42 Å². The number of aromatic nitrogens is 2. The summed E-state index contributed by atoms with van der Waals surface area (Å²) in [6.07, 6.45) is 5.36. The summed E-state index contributed by atoms with van der Waals surface area (Å²) < 4.78 is 14.9. The maximum atomic E-state index is 13.0.